The minimum Gasteiger partial charge on any atom is -0.402 e. The molecule has 0 bridgehead atoms. The number of hydrogen-bond acceptors (Lipinski definition) is 3. The summed E-state index contributed by atoms with van der Waals surface area (Å²) in [5, 5.41) is 7.66. The van der Waals surface area contributed by atoms with Gasteiger partial charge in [0.1, 0.15) is 0 Å². The van der Waals surface area contributed by atoms with Crippen LogP contribution in [0, 0.1) is 6.92 Å². The summed E-state index contributed by atoms with van der Waals surface area (Å²) in [7, 11) is 0. The average molecular weight is 226 g/mol. The fourth-order valence-electron chi connectivity index (χ4n) is 1.96. The van der Waals surface area contributed by atoms with E-state index in [-0.39, 0.29) is 5.63 Å². The molecule has 0 fully saturated rings. The Kier molecular flexibility index (Phi) is 2.08. The van der Waals surface area contributed by atoms with Crippen molar-refractivity contribution >= 4 is 11.1 Å². The van der Waals surface area contributed by atoms with Crippen LogP contribution in [0.5, 0.6) is 0 Å². The lowest BCUT2D eigenvalue weighted by molar-refractivity contribution is 0.548. The van der Waals surface area contributed by atoms with Gasteiger partial charge in [-0.2, -0.15) is 0 Å². The highest BCUT2D eigenvalue weighted by atomic mass is 16.4. The first-order valence-electron chi connectivity index (χ1n) is 5.30. The van der Waals surface area contributed by atoms with Gasteiger partial charge in [0.25, 0.3) is 0 Å². The zero-order valence-electron chi connectivity index (χ0n) is 9.23. The van der Waals surface area contributed by atoms with E-state index in [4.69, 9.17) is 4.42 Å². The minimum absolute atomic E-state index is 0.355. The molecule has 0 spiro atoms. The molecule has 0 radical (unpaired) electrons. The Labute approximate surface area is 96.9 Å². The lowest BCUT2D eigenvalue weighted by Crippen LogP contribution is -1.97. The van der Waals surface area contributed by atoms with Crippen LogP contribution in [-0.2, 0) is 0 Å². The number of rotatable bonds is 1. The van der Waals surface area contributed by atoms with Crippen molar-refractivity contribution in [3.05, 3.63) is 52.5 Å². The number of aryl methyl sites for hydroxylation is 1. The third-order valence-corrected chi connectivity index (χ3v) is 2.73. The van der Waals surface area contributed by atoms with E-state index >= 15 is 0 Å². The van der Waals surface area contributed by atoms with Crippen LogP contribution in [0.25, 0.3) is 22.2 Å². The van der Waals surface area contributed by atoms with E-state index in [2.05, 4.69) is 10.2 Å². The van der Waals surface area contributed by atoms with Crippen molar-refractivity contribution < 1.29 is 4.42 Å². The standard InChI is InChI=1S/C13H10N2O2/c1-8-12-10(9-5-3-2-4-6-9)7-11(16)17-13(12)15-14-8/h2-7H,1H3,(H,14,15). The van der Waals surface area contributed by atoms with Crippen LogP contribution < -0.4 is 5.63 Å². The van der Waals surface area contributed by atoms with Crippen molar-refractivity contribution in [2.75, 3.05) is 0 Å². The van der Waals surface area contributed by atoms with E-state index in [1.165, 1.54) is 6.07 Å². The zero-order valence-corrected chi connectivity index (χ0v) is 9.23. The molecule has 4 heteroatoms. The summed E-state index contributed by atoms with van der Waals surface area (Å²) in [6.45, 7) is 1.90. The van der Waals surface area contributed by atoms with Crippen molar-refractivity contribution in [3.63, 3.8) is 0 Å². The maximum Gasteiger partial charge on any atom is 0.338 e. The largest absolute Gasteiger partial charge is 0.402 e. The van der Waals surface area contributed by atoms with Crippen LogP contribution in [-0.4, -0.2) is 10.2 Å². The number of aromatic nitrogens is 2. The van der Waals surface area contributed by atoms with E-state index in [0.29, 0.717) is 5.71 Å². The molecule has 84 valence electrons. The third-order valence-electron chi connectivity index (χ3n) is 2.73. The summed E-state index contributed by atoms with van der Waals surface area (Å²) in [6.07, 6.45) is 0. The third kappa shape index (κ3) is 1.54. The van der Waals surface area contributed by atoms with Crippen molar-refractivity contribution in [1.82, 2.24) is 10.2 Å². The smallest absolute Gasteiger partial charge is 0.338 e. The molecule has 0 aliphatic rings. The van der Waals surface area contributed by atoms with E-state index in [9.17, 15) is 4.79 Å². The Morgan fingerprint density at radius 3 is 2.76 bits per heavy atom. The number of H-pyrrole nitrogens is 1. The Morgan fingerprint density at radius 1 is 1.24 bits per heavy atom. The van der Waals surface area contributed by atoms with Gasteiger partial charge >= 0.3 is 5.63 Å². The van der Waals surface area contributed by atoms with Gasteiger partial charge in [-0.1, -0.05) is 30.3 Å². The van der Waals surface area contributed by atoms with Crippen LogP contribution in [0.2, 0.25) is 0 Å². The van der Waals surface area contributed by atoms with Crippen LogP contribution >= 0.6 is 0 Å². The molecule has 17 heavy (non-hydrogen) atoms. The molecule has 1 aromatic carbocycles. The molecule has 2 heterocycles. The lowest BCUT2D eigenvalue weighted by Gasteiger charge is -2.02. The molecule has 0 saturated heterocycles. The summed E-state index contributed by atoms with van der Waals surface area (Å²) in [6, 6.07) is 11.2. The fraction of sp³-hybridized carbons (Fsp3) is 0.0769. The molecular weight excluding hydrogens is 216 g/mol. The Balaban J connectivity index is 2.43. The molecule has 1 N–H and O–H groups in total. The molecule has 0 atom stereocenters. The highest BCUT2D eigenvalue weighted by Crippen LogP contribution is 2.27. The number of aromatic amines is 1. The zero-order chi connectivity index (χ0) is 11.8. The quantitative estimate of drug-likeness (QED) is 0.693. The van der Waals surface area contributed by atoms with Crippen molar-refractivity contribution in [3.8, 4) is 11.1 Å². The molecule has 0 unspecified atom stereocenters. The Hall–Kier alpha value is -2.36. The SMILES string of the molecule is Cc1[nH]nc2oc(=O)cc(-c3ccccc3)c12. The first kappa shape index (κ1) is 9.84. The second-order valence-corrected chi connectivity index (χ2v) is 3.87. The highest BCUT2D eigenvalue weighted by Gasteiger charge is 2.12. The van der Waals surface area contributed by atoms with Gasteiger partial charge in [-0.3, -0.25) is 5.10 Å². The Morgan fingerprint density at radius 2 is 2.00 bits per heavy atom. The van der Waals surface area contributed by atoms with Crippen LogP contribution in [0.3, 0.4) is 0 Å². The summed E-state index contributed by atoms with van der Waals surface area (Å²) >= 11 is 0. The van der Waals surface area contributed by atoms with Crippen LogP contribution in [0.15, 0.2) is 45.6 Å². The number of nitrogens with one attached hydrogen (secondary N) is 1. The molecule has 3 rings (SSSR count). The minimum atomic E-state index is -0.386. The molecule has 0 saturated carbocycles. The predicted molar refractivity (Wildman–Crippen MR) is 64.8 cm³/mol. The molecule has 0 aliphatic heterocycles. The number of nitrogens with zero attached hydrogens (tertiary/aromatic N) is 1. The first-order chi connectivity index (χ1) is 8.25. The summed E-state index contributed by atoms with van der Waals surface area (Å²) < 4.78 is 5.05. The van der Waals surface area contributed by atoms with Gasteiger partial charge in [0.15, 0.2) is 0 Å². The van der Waals surface area contributed by atoms with E-state index in [1.54, 1.807) is 0 Å². The normalized spacial score (nSPS) is 10.9. The van der Waals surface area contributed by atoms with Gasteiger partial charge in [0.2, 0.25) is 5.71 Å². The predicted octanol–water partition coefficient (Wildman–Crippen LogP) is 2.49. The highest BCUT2D eigenvalue weighted by molar-refractivity contribution is 5.93. The van der Waals surface area contributed by atoms with E-state index < -0.39 is 0 Å². The van der Waals surface area contributed by atoms with Crippen LogP contribution in [0.4, 0.5) is 0 Å². The summed E-state index contributed by atoms with van der Waals surface area (Å²) in [5.74, 6) is 0. The molecule has 0 amide bonds. The van der Waals surface area contributed by atoms with Gasteiger partial charge in [-0.25, -0.2) is 4.79 Å². The van der Waals surface area contributed by atoms with Crippen molar-refractivity contribution in [2.24, 2.45) is 0 Å². The Bertz CT molecular complexity index is 726. The van der Waals surface area contributed by atoms with Gasteiger partial charge in [0.05, 0.1) is 5.39 Å². The summed E-state index contributed by atoms with van der Waals surface area (Å²) in [5.41, 5.74) is 2.69. The maximum absolute atomic E-state index is 11.5. The van der Waals surface area contributed by atoms with E-state index in [0.717, 1.165) is 22.2 Å². The van der Waals surface area contributed by atoms with E-state index in [1.807, 2.05) is 37.3 Å². The van der Waals surface area contributed by atoms with Crippen molar-refractivity contribution in [1.29, 1.82) is 0 Å². The topological polar surface area (TPSA) is 58.9 Å². The molecular formula is C13H10N2O2. The molecule has 4 nitrogen and oxygen atoms in total. The lowest BCUT2D eigenvalue weighted by atomic mass is 10.0. The first-order valence-corrected chi connectivity index (χ1v) is 5.30. The van der Waals surface area contributed by atoms with Crippen molar-refractivity contribution in [2.45, 2.75) is 6.92 Å². The van der Waals surface area contributed by atoms with Gasteiger partial charge in [0, 0.05) is 17.3 Å². The van der Waals surface area contributed by atoms with Crippen LogP contribution in [0.1, 0.15) is 5.69 Å². The van der Waals surface area contributed by atoms with Gasteiger partial charge in [-0.05, 0) is 12.5 Å². The average Bonchev–Trinajstić information content (AvgIpc) is 2.71. The molecule has 0 aliphatic carbocycles. The second-order valence-electron chi connectivity index (χ2n) is 3.87. The monoisotopic (exact) mass is 226 g/mol. The van der Waals surface area contributed by atoms with Gasteiger partial charge < -0.3 is 4.42 Å². The fourth-order valence-corrected chi connectivity index (χ4v) is 1.96. The number of fused-ring (bicyclic) bond motifs is 1. The second kappa shape index (κ2) is 3.59. The number of hydrogen-bond donors (Lipinski definition) is 1. The molecule has 2 aromatic heterocycles. The maximum atomic E-state index is 11.5. The summed E-state index contributed by atoms with van der Waals surface area (Å²) in [4.78, 5) is 11.5. The number of benzene rings is 1. The van der Waals surface area contributed by atoms with Gasteiger partial charge in [-0.15, -0.1) is 5.10 Å². The molecule has 3 aromatic rings.